The van der Waals surface area contributed by atoms with Crippen molar-refractivity contribution >= 4 is 65.7 Å². The number of rotatable bonds is 4. The van der Waals surface area contributed by atoms with Gasteiger partial charge in [-0.3, -0.25) is 9.11 Å². The predicted octanol–water partition coefficient (Wildman–Crippen LogP) is 2.27. The van der Waals surface area contributed by atoms with Crippen LogP contribution in [0, 0.1) is 0 Å². The summed E-state index contributed by atoms with van der Waals surface area (Å²) in [7, 11) is -10.6. The number of aromatic hydroxyl groups is 1. The summed E-state index contributed by atoms with van der Waals surface area (Å²) < 4.78 is 67.4. The van der Waals surface area contributed by atoms with Crippen molar-refractivity contribution in [1.29, 1.82) is 0 Å². The predicted molar refractivity (Wildman–Crippen MR) is 98.4 cm³/mol. The Hall–Kier alpha value is -2.29. The molecule has 0 unspecified atom stereocenters. The zero-order valence-electron chi connectivity index (χ0n) is 13.2. The van der Waals surface area contributed by atoms with Gasteiger partial charge in [-0.2, -0.15) is 16.8 Å². The Balaban J connectivity index is 2.63. The first kappa shape index (κ1) is 20.4. The van der Waals surface area contributed by atoms with E-state index < -0.39 is 51.9 Å². The topological polar surface area (TPSA) is 180 Å². The molecule has 0 bridgehead atoms. The van der Waals surface area contributed by atoms with Crippen molar-refractivity contribution in [3.63, 3.8) is 0 Å². The molecule has 15 heteroatoms. The van der Waals surface area contributed by atoms with Crippen LogP contribution in [0.4, 0.5) is 11.5 Å². The van der Waals surface area contributed by atoms with Gasteiger partial charge < -0.3 is 10.4 Å². The Morgan fingerprint density at radius 2 is 1.57 bits per heavy atom. The van der Waals surface area contributed by atoms with Gasteiger partial charge in [0, 0.05) is 16.8 Å². The number of aromatic nitrogens is 3. The summed E-state index contributed by atoms with van der Waals surface area (Å²) in [6.45, 7) is 0. The minimum Gasteiger partial charge on any atom is -0.507 e. The number of anilines is 2. The largest absolute Gasteiger partial charge is 0.507 e. The van der Waals surface area contributed by atoms with Gasteiger partial charge in [-0.25, -0.2) is 0 Å². The second-order valence-electron chi connectivity index (χ2n) is 5.24. The maximum Gasteiger partial charge on any atom is 0.298 e. The highest BCUT2D eigenvalue weighted by Crippen LogP contribution is 2.48. The Morgan fingerprint density at radius 3 is 2.11 bits per heavy atom. The van der Waals surface area contributed by atoms with Gasteiger partial charge in [0.2, 0.25) is 0 Å². The van der Waals surface area contributed by atoms with Crippen LogP contribution < -0.4 is 5.32 Å². The second-order valence-corrected chi connectivity index (χ2v) is 8.75. The van der Waals surface area contributed by atoms with Crippen molar-refractivity contribution in [1.82, 2.24) is 15.4 Å². The molecule has 0 radical (unpaired) electrons. The number of halogens is 2. The van der Waals surface area contributed by atoms with Crippen LogP contribution in [0.15, 0.2) is 34.2 Å². The summed E-state index contributed by atoms with van der Waals surface area (Å²) in [5, 5.41) is 21.2. The molecule has 0 aliphatic carbocycles. The summed E-state index contributed by atoms with van der Waals surface area (Å²) >= 11 is 12.3. The molecule has 1 heterocycles. The molecule has 28 heavy (non-hydrogen) atoms. The molecule has 0 saturated carbocycles. The number of fused-ring (bicyclic) bond motifs is 1. The molecular weight excluding hydrogens is 459 g/mol. The van der Waals surface area contributed by atoms with Gasteiger partial charge in [0.1, 0.15) is 15.5 Å². The van der Waals surface area contributed by atoms with Gasteiger partial charge in [0.25, 0.3) is 20.2 Å². The first-order valence-electron chi connectivity index (χ1n) is 6.96. The van der Waals surface area contributed by atoms with Crippen LogP contribution >= 0.6 is 23.2 Å². The van der Waals surface area contributed by atoms with Crippen molar-refractivity contribution in [2.45, 2.75) is 9.79 Å². The van der Waals surface area contributed by atoms with Crippen LogP contribution in [-0.4, -0.2) is 46.5 Å². The van der Waals surface area contributed by atoms with Crippen molar-refractivity contribution in [3.05, 3.63) is 34.4 Å². The molecule has 3 rings (SSSR count). The monoisotopic (exact) mass is 466 g/mol. The maximum absolute atomic E-state index is 12.0. The van der Waals surface area contributed by atoms with Gasteiger partial charge >= 0.3 is 0 Å². The molecule has 0 amide bonds. The molecule has 11 nitrogen and oxygen atoms in total. The lowest BCUT2D eigenvalue weighted by Crippen LogP contribution is -2.13. The summed E-state index contributed by atoms with van der Waals surface area (Å²) in [4.78, 5) is -2.64. The molecule has 0 atom stereocenters. The smallest absolute Gasteiger partial charge is 0.298 e. The van der Waals surface area contributed by atoms with Crippen LogP contribution in [-0.2, 0) is 20.2 Å². The lowest BCUT2D eigenvalue weighted by molar-refractivity contribution is 0.464. The number of phenolic OH excluding ortho intramolecular Hbond substituents is 1. The highest BCUT2D eigenvalue weighted by molar-refractivity contribution is 7.89. The van der Waals surface area contributed by atoms with E-state index in [1.54, 1.807) is 0 Å². The van der Waals surface area contributed by atoms with E-state index >= 15 is 0 Å². The van der Waals surface area contributed by atoms with Crippen LogP contribution in [0.25, 0.3) is 10.8 Å². The van der Waals surface area contributed by atoms with Gasteiger partial charge in [0.15, 0.2) is 5.82 Å². The fraction of sp³-hybridized carbons (Fsp3) is 0. The Morgan fingerprint density at radius 1 is 0.929 bits per heavy atom. The SMILES string of the molecule is O=S(=O)(O)c1c(Nc2ccnnn2)c(Cl)c2c(Cl)ccc(O)c2c1S(=O)(=O)O. The maximum atomic E-state index is 12.0. The number of phenols is 1. The fourth-order valence-corrected chi connectivity index (χ4v) is 5.38. The number of hydrogen-bond donors (Lipinski definition) is 4. The Labute approximate surface area is 167 Å². The average Bonchev–Trinajstić information content (AvgIpc) is 2.58. The molecule has 2 aromatic carbocycles. The molecule has 148 valence electrons. The lowest BCUT2D eigenvalue weighted by atomic mass is 10.1. The van der Waals surface area contributed by atoms with E-state index in [9.17, 15) is 31.0 Å². The summed E-state index contributed by atoms with van der Waals surface area (Å²) in [5.41, 5.74) is -0.669. The molecule has 0 aliphatic heterocycles. The molecule has 3 aromatic rings. The fourth-order valence-electron chi connectivity index (χ4n) is 2.50. The molecule has 1 aromatic heterocycles. The summed E-state index contributed by atoms with van der Waals surface area (Å²) in [6, 6.07) is 3.37. The lowest BCUT2D eigenvalue weighted by Gasteiger charge is -2.18. The molecule has 4 N–H and O–H groups in total. The van der Waals surface area contributed by atoms with Crippen molar-refractivity contribution in [2.75, 3.05) is 5.32 Å². The third-order valence-electron chi connectivity index (χ3n) is 3.50. The minimum atomic E-state index is -5.32. The summed E-state index contributed by atoms with van der Waals surface area (Å²) in [5.74, 6) is -0.882. The van der Waals surface area contributed by atoms with Crippen molar-refractivity contribution < 1.29 is 31.0 Å². The van der Waals surface area contributed by atoms with E-state index in [1.165, 1.54) is 18.3 Å². The zero-order chi connectivity index (χ0) is 20.9. The minimum absolute atomic E-state index is 0.126. The Bertz CT molecular complexity index is 1320. The molecule has 0 saturated heterocycles. The number of nitrogens with zero attached hydrogens (tertiary/aromatic N) is 3. The number of nitrogens with one attached hydrogen (secondary N) is 1. The first-order valence-corrected chi connectivity index (χ1v) is 10.6. The molecule has 0 fully saturated rings. The number of hydrogen-bond acceptors (Lipinski definition) is 9. The van der Waals surface area contributed by atoms with Crippen LogP contribution in [0.1, 0.15) is 0 Å². The molecule has 0 spiro atoms. The highest BCUT2D eigenvalue weighted by atomic mass is 35.5. The van der Waals surface area contributed by atoms with Crippen LogP contribution in [0.5, 0.6) is 5.75 Å². The Kier molecular flexibility index (Phi) is 5.07. The van der Waals surface area contributed by atoms with E-state index in [1.807, 2.05) is 0 Å². The third kappa shape index (κ3) is 3.55. The van der Waals surface area contributed by atoms with E-state index in [2.05, 4.69) is 20.7 Å². The van der Waals surface area contributed by atoms with Crippen molar-refractivity contribution in [2.24, 2.45) is 0 Å². The average molecular weight is 467 g/mol. The quantitative estimate of drug-likeness (QED) is 0.414. The van der Waals surface area contributed by atoms with Gasteiger partial charge in [-0.05, 0) is 17.3 Å². The van der Waals surface area contributed by atoms with E-state index in [0.717, 1.165) is 6.07 Å². The number of benzene rings is 2. The standard InChI is InChI=1S/C13H8Cl2N4O7S2/c14-5-1-2-6(20)9-8(5)10(15)11(17-7-3-4-16-19-18-7)13(28(24,25)26)12(9)27(21,22)23/h1-4,20H,(H,16,17,18)(H,21,22,23)(H,24,25,26). The molecular formula is C13H8Cl2N4O7S2. The molecule has 0 aliphatic rings. The van der Waals surface area contributed by atoms with E-state index in [4.69, 9.17) is 23.2 Å². The highest BCUT2D eigenvalue weighted by Gasteiger charge is 2.35. The van der Waals surface area contributed by atoms with Crippen LogP contribution in [0.2, 0.25) is 10.0 Å². The second kappa shape index (κ2) is 6.95. The van der Waals surface area contributed by atoms with E-state index in [-0.39, 0.29) is 16.2 Å². The van der Waals surface area contributed by atoms with Gasteiger partial charge in [-0.15, -0.1) is 10.2 Å². The third-order valence-corrected chi connectivity index (χ3v) is 6.17. The zero-order valence-corrected chi connectivity index (χ0v) is 16.3. The van der Waals surface area contributed by atoms with E-state index in [0.29, 0.717) is 0 Å². The van der Waals surface area contributed by atoms with Gasteiger partial charge in [-0.1, -0.05) is 23.2 Å². The normalized spacial score (nSPS) is 12.3. The summed E-state index contributed by atoms with van der Waals surface area (Å²) in [6.07, 6.45) is 1.18. The van der Waals surface area contributed by atoms with Gasteiger partial charge in [0.05, 0.1) is 21.9 Å². The first-order chi connectivity index (χ1) is 12.9. The van der Waals surface area contributed by atoms with Crippen molar-refractivity contribution in [3.8, 4) is 5.75 Å². The van der Waals surface area contributed by atoms with Crippen LogP contribution in [0.3, 0.4) is 0 Å².